The molecule has 1 aromatic heterocycles. The van der Waals surface area contributed by atoms with Gasteiger partial charge in [-0.05, 0) is 34.6 Å². The van der Waals surface area contributed by atoms with Crippen molar-refractivity contribution in [3.63, 3.8) is 0 Å². The average molecular weight is 249 g/mol. The Morgan fingerprint density at radius 3 is 2.56 bits per heavy atom. The van der Waals surface area contributed by atoms with Gasteiger partial charge in [0.25, 0.3) is 0 Å². The van der Waals surface area contributed by atoms with Crippen molar-refractivity contribution < 1.29 is 5.11 Å². The largest absolute Gasteiger partial charge is 0.392 e. The minimum atomic E-state index is 0.0753. The zero-order valence-electron chi connectivity index (χ0n) is 8.54. The SMILES string of the molecule is OCc1ccccc1SSc1ccccn1. The lowest BCUT2D eigenvalue weighted by atomic mass is 10.2. The Morgan fingerprint density at radius 1 is 1.00 bits per heavy atom. The van der Waals surface area contributed by atoms with E-state index < -0.39 is 0 Å². The van der Waals surface area contributed by atoms with Gasteiger partial charge in [-0.15, -0.1) is 0 Å². The van der Waals surface area contributed by atoms with Gasteiger partial charge in [-0.2, -0.15) is 0 Å². The molecule has 4 heteroatoms. The van der Waals surface area contributed by atoms with Crippen molar-refractivity contribution in [1.29, 1.82) is 0 Å². The van der Waals surface area contributed by atoms with E-state index in [0.29, 0.717) is 0 Å². The predicted molar refractivity (Wildman–Crippen MR) is 68.3 cm³/mol. The van der Waals surface area contributed by atoms with Crippen molar-refractivity contribution in [3.8, 4) is 0 Å². The lowest BCUT2D eigenvalue weighted by Crippen LogP contribution is -1.85. The molecule has 2 aromatic rings. The first-order chi connectivity index (χ1) is 7.90. The second kappa shape index (κ2) is 5.94. The second-order valence-electron chi connectivity index (χ2n) is 3.10. The molecule has 1 aromatic carbocycles. The van der Waals surface area contributed by atoms with E-state index in [1.54, 1.807) is 27.8 Å². The van der Waals surface area contributed by atoms with Crippen LogP contribution in [0, 0.1) is 0 Å². The highest BCUT2D eigenvalue weighted by Gasteiger charge is 2.02. The molecular weight excluding hydrogens is 238 g/mol. The summed E-state index contributed by atoms with van der Waals surface area (Å²) in [5, 5.41) is 10.1. The van der Waals surface area contributed by atoms with Crippen LogP contribution in [-0.4, -0.2) is 10.1 Å². The van der Waals surface area contributed by atoms with Crippen molar-refractivity contribution in [2.45, 2.75) is 16.5 Å². The Balaban J connectivity index is 2.05. The van der Waals surface area contributed by atoms with Gasteiger partial charge in [0, 0.05) is 11.1 Å². The summed E-state index contributed by atoms with van der Waals surface area (Å²) in [6.07, 6.45) is 1.78. The highest BCUT2D eigenvalue weighted by molar-refractivity contribution is 8.76. The van der Waals surface area contributed by atoms with Gasteiger partial charge in [0.05, 0.1) is 6.61 Å². The van der Waals surface area contributed by atoms with Gasteiger partial charge in [-0.3, -0.25) is 0 Å². The summed E-state index contributed by atoms with van der Waals surface area (Å²) in [6, 6.07) is 13.7. The normalized spacial score (nSPS) is 10.3. The van der Waals surface area contributed by atoms with Crippen LogP contribution in [0.4, 0.5) is 0 Å². The summed E-state index contributed by atoms with van der Waals surface area (Å²) in [6.45, 7) is 0.0753. The van der Waals surface area contributed by atoms with Crippen LogP contribution in [0.25, 0.3) is 0 Å². The van der Waals surface area contributed by atoms with E-state index in [0.717, 1.165) is 15.5 Å². The lowest BCUT2D eigenvalue weighted by molar-refractivity contribution is 0.279. The molecule has 0 aliphatic rings. The van der Waals surface area contributed by atoms with E-state index in [2.05, 4.69) is 4.98 Å². The van der Waals surface area contributed by atoms with Crippen molar-refractivity contribution >= 4 is 21.6 Å². The van der Waals surface area contributed by atoms with E-state index in [9.17, 15) is 5.11 Å². The lowest BCUT2D eigenvalue weighted by Gasteiger charge is -2.04. The number of benzene rings is 1. The first-order valence-corrected chi connectivity index (χ1v) is 6.99. The molecule has 0 fully saturated rings. The number of pyridine rings is 1. The van der Waals surface area contributed by atoms with E-state index >= 15 is 0 Å². The fourth-order valence-electron chi connectivity index (χ4n) is 1.20. The first-order valence-electron chi connectivity index (χ1n) is 4.84. The first kappa shape index (κ1) is 11.5. The number of aliphatic hydroxyl groups excluding tert-OH is 1. The van der Waals surface area contributed by atoms with Gasteiger partial charge < -0.3 is 5.11 Å². The van der Waals surface area contributed by atoms with E-state index in [-0.39, 0.29) is 6.61 Å². The van der Waals surface area contributed by atoms with Crippen LogP contribution in [0.3, 0.4) is 0 Å². The van der Waals surface area contributed by atoms with Gasteiger partial charge in [-0.25, -0.2) is 4.98 Å². The van der Waals surface area contributed by atoms with Crippen molar-refractivity contribution in [2.24, 2.45) is 0 Å². The van der Waals surface area contributed by atoms with Crippen LogP contribution in [0.2, 0.25) is 0 Å². The minimum Gasteiger partial charge on any atom is -0.392 e. The third-order valence-electron chi connectivity index (χ3n) is 2.00. The van der Waals surface area contributed by atoms with Gasteiger partial charge in [0.1, 0.15) is 5.03 Å². The number of aromatic nitrogens is 1. The fourth-order valence-corrected chi connectivity index (χ4v) is 3.30. The van der Waals surface area contributed by atoms with Crippen LogP contribution in [0.5, 0.6) is 0 Å². The zero-order valence-corrected chi connectivity index (χ0v) is 10.2. The van der Waals surface area contributed by atoms with Gasteiger partial charge in [-0.1, -0.05) is 35.1 Å². The molecule has 2 nitrogen and oxygen atoms in total. The fraction of sp³-hybridized carbons (Fsp3) is 0.0833. The Hall–Kier alpha value is -0.970. The summed E-state index contributed by atoms with van der Waals surface area (Å²) in [4.78, 5) is 5.31. The molecule has 0 unspecified atom stereocenters. The maximum Gasteiger partial charge on any atom is 0.107 e. The maximum absolute atomic E-state index is 9.18. The van der Waals surface area contributed by atoms with Crippen LogP contribution >= 0.6 is 21.6 Å². The van der Waals surface area contributed by atoms with Crippen LogP contribution < -0.4 is 0 Å². The molecule has 0 saturated carbocycles. The molecule has 0 spiro atoms. The molecule has 82 valence electrons. The Bertz CT molecular complexity index is 448. The predicted octanol–water partition coefficient (Wildman–Crippen LogP) is 3.37. The number of nitrogens with zero attached hydrogens (tertiary/aromatic N) is 1. The Kier molecular flexibility index (Phi) is 4.27. The van der Waals surface area contributed by atoms with Crippen molar-refractivity contribution in [3.05, 3.63) is 54.2 Å². The molecule has 2 rings (SSSR count). The highest BCUT2D eigenvalue weighted by atomic mass is 33.1. The topological polar surface area (TPSA) is 33.1 Å². The number of aliphatic hydroxyl groups is 1. The minimum absolute atomic E-state index is 0.0753. The summed E-state index contributed by atoms with van der Waals surface area (Å²) in [7, 11) is 3.22. The molecule has 0 aliphatic heterocycles. The molecule has 16 heavy (non-hydrogen) atoms. The summed E-state index contributed by atoms with van der Waals surface area (Å²) >= 11 is 0. The van der Waals surface area contributed by atoms with Crippen molar-refractivity contribution in [1.82, 2.24) is 4.98 Å². The van der Waals surface area contributed by atoms with Crippen LogP contribution in [0.1, 0.15) is 5.56 Å². The quantitative estimate of drug-likeness (QED) is 0.842. The second-order valence-corrected chi connectivity index (χ2v) is 5.29. The van der Waals surface area contributed by atoms with Gasteiger partial charge >= 0.3 is 0 Å². The van der Waals surface area contributed by atoms with Gasteiger partial charge in [0.2, 0.25) is 0 Å². The molecule has 1 N–H and O–H groups in total. The number of hydrogen-bond acceptors (Lipinski definition) is 4. The zero-order chi connectivity index (χ0) is 11.2. The third kappa shape index (κ3) is 3.01. The molecule has 0 amide bonds. The number of hydrogen-bond donors (Lipinski definition) is 1. The Morgan fingerprint density at radius 2 is 1.81 bits per heavy atom. The molecule has 1 heterocycles. The monoisotopic (exact) mass is 249 g/mol. The Labute approximate surface area is 103 Å². The third-order valence-corrected chi connectivity index (χ3v) is 4.37. The van der Waals surface area contributed by atoms with E-state index in [4.69, 9.17) is 0 Å². The molecular formula is C12H11NOS2. The molecule has 0 atom stereocenters. The van der Waals surface area contributed by atoms with Crippen LogP contribution in [0.15, 0.2) is 58.6 Å². The highest BCUT2D eigenvalue weighted by Crippen LogP contribution is 2.37. The maximum atomic E-state index is 9.18. The summed E-state index contributed by atoms with van der Waals surface area (Å²) < 4.78 is 0. The average Bonchev–Trinajstić information content (AvgIpc) is 2.38. The van der Waals surface area contributed by atoms with E-state index in [1.807, 2.05) is 42.5 Å². The standard InChI is InChI=1S/C12H11NOS2/c14-9-10-5-1-2-6-11(10)15-16-12-7-3-4-8-13-12/h1-8,14H,9H2. The molecule has 0 saturated heterocycles. The smallest absolute Gasteiger partial charge is 0.107 e. The molecule has 0 bridgehead atoms. The number of rotatable bonds is 4. The van der Waals surface area contributed by atoms with Crippen LogP contribution in [-0.2, 0) is 6.61 Å². The molecule has 0 radical (unpaired) electrons. The summed E-state index contributed by atoms with van der Waals surface area (Å²) in [5.74, 6) is 0. The molecule has 0 aliphatic carbocycles. The van der Waals surface area contributed by atoms with E-state index in [1.165, 1.54) is 0 Å². The summed E-state index contributed by atoms with van der Waals surface area (Å²) in [5.41, 5.74) is 0.955. The van der Waals surface area contributed by atoms with Crippen molar-refractivity contribution in [2.75, 3.05) is 0 Å². The van der Waals surface area contributed by atoms with Gasteiger partial charge in [0.15, 0.2) is 0 Å².